The van der Waals surface area contributed by atoms with Crippen LogP contribution in [0.25, 0.3) is 0 Å². The van der Waals surface area contributed by atoms with Gasteiger partial charge in [-0.3, -0.25) is 14.6 Å². The summed E-state index contributed by atoms with van der Waals surface area (Å²) in [4.78, 5) is 19.0. The Morgan fingerprint density at radius 2 is 1.87 bits per heavy atom. The summed E-state index contributed by atoms with van der Waals surface area (Å²) in [6.07, 6.45) is 1.65. The minimum absolute atomic E-state index is 0.0801. The van der Waals surface area contributed by atoms with Crippen molar-refractivity contribution in [1.82, 2.24) is 14.7 Å². The largest absolute Gasteiger partial charge is 0.387 e. The van der Waals surface area contributed by atoms with Crippen LogP contribution in [0.2, 0.25) is 0 Å². The molecule has 2 atom stereocenters. The lowest BCUT2D eigenvalue weighted by Gasteiger charge is -2.37. The molecule has 1 amide bonds. The summed E-state index contributed by atoms with van der Waals surface area (Å²) in [7, 11) is 2.04. The first-order valence-electron chi connectivity index (χ1n) is 8.59. The Labute approximate surface area is 138 Å². The number of likely N-dealkylation sites (N-methyl/N-ethyl adjacent to an activating group) is 1. The summed E-state index contributed by atoms with van der Waals surface area (Å²) in [6.45, 7) is 4.88. The topological polar surface area (TPSA) is 47.0 Å². The maximum atomic E-state index is 12.6. The van der Waals surface area contributed by atoms with Gasteiger partial charge in [0.2, 0.25) is 5.91 Å². The number of nitrogens with zero attached hydrogens (tertiary/aromatic N) is 3. The van der Waals surface area contributed by atoms with E-state index in [2.05, 4.69) is 9.80 Å². The fraction of sp³-hybridized carbons (Fsp3) is 0.611. The van der Waals surface area contributed by atoms with Gasteiger partial charge in [0, 0.05) is 32.7 Å². The van der Waals surface area contributed by atoms with Gasteiger partial charge in [-0.05, 0) is 32.0 Å². The van der Waals surface area contributed by atoms with Gasteiger partial charge in [0.25, 0.3) is 0 Å². The minimum atomic E-state index is -0.459. The van der Waals surface area contributed by atoms with E-state index >= 15 is 0 Å². The normalized spacial score (nSPS) is 24.8. The van der Waals surface area contributed by atoms with Crippen LogP contribution in [0.1, 0.15) is 24.5 Å². The Balaban J connectivity index is 1.48. The molecule has 2 heterocycles. The fourth-order valence-corrected chi connectivity index (χ4v) is 3.61. The second-order valence-electron chi connectivity index (χ2n) is 6.69. The SMILES string of the molecule is CN1CCC[C@@H]1C(=O)N1CCN(C[C@@H](O)c2ccccc2)CC1. The quantitative estimate of drug-likeness (QED) is 0.898. The van der Waals surface area contributed by atoms with E-state index in [4.69, 9.17) is 0 Å². The molecule has 1 aromatic rings. The molecule has 0 radical (unpaired) electrons. The van der Waals surface area contributed by atoms with Gasteiger partial charge < -0.3 is 10.0 Å². The minimum Gasteiger partial charge on any atom is -0.387 e. The monoisotopic (exact) mass is 317 g/mol. The molecule has 2 saturated heterocycles. The van der Waals surface area contributed by atoms with Gasteiger partial charge in [0.05, 0.1) is 12.1 Å². The van der Waals surface area contributed by atoms with Crippen molar-refractivity contribution in [2.24, 2.45) is 0 Å². The van der Waals surface area contributed by atoms with Crippen molar-refractivity contribution in [3.63, 3.8) is 0 Å². The number of carbonyl (C=O) groups excluding carboxylic acids is 1. The molecule has 23 heavy (non-hydrogen) atoms. The van der Waals surface area contributed by atoms with Crippen LogP contribution in [-0.4, -0.2) is 78.1 Å². The molecule has 2 aliphatic heterocycles. The Morgan fingerprint density at radius 1 is 1.17 bits per heavy atom. The van der Waals surface area contributed by atoms with Crippen LogP contribution in [-0.2, 0) is 4.79 Å². The van der Waals surface area contributed by atoms with Gasteiger partial charge in [-0.15, -0.1) is 0 Å². The third kappa shape index (κ3) is 3.91. The molecule has 0 unspecified atom stereocenters. The first-order valence-corrected chi connectivity index (χ1v) is 8.59. The first-order chi connectivity index (χ1) is 11.1. The van der Waals surface area contributed by atoms with Crippen LogP contribution in [0.5, 0.6) is 0 Å². The molecule has 5 nitrogen and oxygen atoms in total. The molecule has 0 spiro atoms. The second kappa shape index (κ2) is 7.43. The van der Waals surface area contributed by atoms with Gasteiger partial charge in [-0.25, -0.2) is 0 Å². The number of hydrogen-bond acceptors (Lipinski definition) is 4. The number of amides is 1. The molecule has 0 aromatic heterocycles. The van der Waals surface area contributed by atoms with Crippen LogP contribution in [0, 0.1) is 0 Å². The zero-order chi connectivity index (χ0) is 16.2. The highest BCUT2D eigenvalue weighted by molar-refractivity contribution is 5.82. The summed E-state index contributed by atoms with van der Waals surface area (Å²) >= 11 is 0. The molecule has 0 bridgehead atoms. The number of benzene rings is 1. The van der Waals surface area contributed by atoms with Crippen molar-refractivity contribution in [1.29, 1.82) is 0 Å². The van der Waals surface area contributed by atoms with Crippen molar-refractivity contribution in [3.8, 4) is 0 Å². The summed E-state index contributed by atoms with van der Waals surface area (Å²) in [6, 6.07) is 9.86. The molecule has 2 aliphatic rings. The fourth-order valence-electron chi connectivity index (χ4n) is 3.61. The Kier molecular flexibility index (Phi) is 5.30. The van der Waals surface area contributed by atoms with Crippen LogP contribution >= 0.6 is 0 Å². The average molecular weight is 317 g/mol. The number of likely N-dealkylation sites (tertiary alicyclic amines) is 1. The third-order valence-electron chi connectivity index (χ3n) is 5.10. The number of piperazine rings is 1. The number of β-amino-alcohol motifs (C(OH)–C–C–N with tert-alkyl or cyclic N) is 1. The van der Waals surface area contributed by atoms with Gasteiger partial charge in [0.1, 0.15) is 0 Å². The molecule has 1 aromatic carbocycles. The zero-order valence-electron chi connectivity index (χ0n) is 13.9. The van der Waals surface area contributed by atoms with E-state index in [1.807, 2.05) is 42.3 Å². The highest BCUT2D eigenvalue weighted by Gasteiger charge is 2.32. The number of aliphatic hydroxyl groups is 1. The van der Waals surface area contributed by atoms with E-state index in [1.165, 1.54) is 0 Å². The molecular formula is C18H27N3O2. The highest BCUT2D eigenvalue weighted by atomic mass is 16.3. The Morgan fingerprint density at radius 3 is 2.48 bits per heavy atom. The van der Waals surface area contributed by atoms with E-state index in [9.17, 15) is 9.90 Å². The number of aliphatic hydroxyl groups excluding tert-OH is 1. The molecule has 2 fully saturated rings. The van der Waals surface area contributed by atoms with Crippen molar-refractivity contribution >= 4 is 5.91 Å². The predicted molar refractivity (Wildman–Crippen MR) is 90.1 cm³/mol. The lowest BCUT2D eigenvalue weighted by Crippen LogP contribution is -2.53. The highest BCUT2D eigenvalue weighted by Crippen LogP contribution is 2.19. The zero-order valence-corrected chi connectivity index (χ0v) is 13.9. The molecular weight excluding hydrogens is 290 g/mol. The van der Waals surface area contributed by atoms with Crippen LogP contribution in [0.3, 0.4) is 0 Å². The molecule has 0 aliphatic carbocycles. The summed E-state index contributed by atoms with van der Waals surface area (Å²) in [5.74, 6) is 0.285. The van der Waals surface area contributed by atoms with Crippen molar-refractivity contribution in [3.05, 3.63) is 35.9 Å². The van der Waals surface area contributed by atoms with Crippen LogP contribution in [0.4, 0.5) is 0 Å². The van der Waals surface area contributed by atoms with E-state index in [0.717, 1.165) is 51.1 Å². The van der Waals surface area contributed by atoms with Gasteiger partial charge in [-0.1, -0.05) is 30.3 Å². The number of hydrogen-bond donors (Lipinski definition) is 1. The van der Waals surface area contributed by atoms with Crippen molar-refractivity contribution in [2.75, 3.05) is 46.3 Å². The first kappa shape index (κ1) is 16.4. The van der Waals surface area contributed by atoms with E-state index in [0.29, 0.717) is 6.54 Å². The van der Waals surface area contributed by atoms with Gasteiger partial charge >= 0.3 is 0 Å². The smallest absolute Gasteiger partial charge is 0.240 e. The maximum Gasteiger partial charge on any atom is 0.240 e. The van der Waals surface area contributed by atoms with Crippen molar-refractivity contribution < 1.29 is 9.90 Å². The van der Waals surface area contributed by atoms with E-state index in [-0.39, 0.29) is 11.9 Å². The van der Waals surface area contributed by atoms with Crippen molar-refractivity contribution in [2.45, 2.75) is 25.0 Å². The van der Waals surface area contributed by atoms with E-state index < -0.39 is 6.10 Å². The third-order valence-corrected chi connectivity index (χ3v) is 5.10. The predicted octanol–water partition coefficient (Wildman–Crippen LogP) is 0.958. The number of rotatable bonds is 4. The molecule has 3 rings (SSSR count). The summed E-state index contributed by atoms with van der Waals surface area (Å²) < 4.78 is 0. The summed E-state index contributed by atoms with van der Waals surface area (Å²) in [5.41, 5.74) is 0.957. The van der Waals surface area contributed by atoms with Gasteiger partial charge in [0.15, 0.2) is 0 Å². The Hall–Kier alpha value is -1.43. The lowest BCUT2D eigenvalue weighted by atomic mass is 10.1. The standard InChI is InChI=1S/C18H27N3O2/c1-19-9-5-8-16(19)18(23)21-12-10-20(11-13-21)14-17(22)15-6-3-2-4-7-15/h2-4,6-7,16-17,22H,5,8-14H2,1H3/t16-,17-/m1/s1. The van der Waals surface area contributed by atoms with Gasteiger partial charge in [-0.2, -0.15) is 0 Å². The summed E-state index contributed by atoms with van der Waals surface area (Å²) in [5, 5.41) is 10.3. The van der Waals surface area contributed by atoms with E-state index in [1.54, 1.807) is 0 Å². The lowest BCUT2D eigenvalue weighted by molar-refractivity contribution is -0.137. The second-order valence-corrected chi connectivity index (χ2v) is 6.69. The number of carbonyl (C=O) groups is 1. The average Bonchev–Trinajstić information content (AvgIpc) is 3.02. The maximum absolute atomic E-state index is 12.6. The molecule has 1 N–H and O–H groups in total. The molecule has 126 valence electrons. The Bertz CT molecular complexity index is 514. The van der Waals surface area contributed by atoms with Crippen LogP contribution < -0.4 is 0 Å². The van der Waals surface area contributed by atoms with Crippen LogP contribution in [0.15, 0.2) is 30.3 Å². The molecule has 0 saturated carbocycles. The molecule has 5 heteroatoms.